The molecular formula is C16H11F3INO3. The molecule has 2 aromatic carbocycles. The predicted molar refractivity (Wildman–Crippen MR) is 89.5 cm³/mol. The van der Waals surface area contributed by atoms with E-state index in [0.29, 0.717) is 11.8 Å². The first-order valence-corrected chi connectivity index (χ1v) is 7.74. The first-order chi connectivity index (χ1) is 11.3. The van der Waals surface area contributed by atoms with Gasteiger partial charge < -0.3 is 10.1 Å². The summed E-state index contributed by atoms with van der Waals surface area (Å²) in [6.45, 7) is -0.597. The monoisotopic (exact) mass is 449 g/mol. The zero-order valence-corrected chi connectivity index (χ0v) is 14.2. The highest BCUT2D eigenvalue weighted by Gasteiger charge is 2.31. The van der Waals surface area contributed by atoms with Crippen molar-refractivity contribution < 1.29 is 27.5 Å². The quantitative estimate of drug-likeness (QED) is 0.565. The van der Waals surface area contributed by atoms with E-state index < -0.39 is 30.2 Å². The van der Waals surface area contributed by atoms with Crippen LogP contribution in [0.5, 0.6) is 0 Å². The Labute approximate surface area is 149 Å². The Kier molecular flexibility index (Phi) is 5.81. The van der Waals surface area contributed by atoms with Gasteiger partial charge in [-0.3, -0.25) is 4.79 Å². The minimum atomic E-state index is -4.56. The summed E-state index contributed by atoms with van der Waals surface area (Å²) in [6.07, 6.45) is -4.56. The van der Waals surface area contributed by atoms with Crippen molar-refractivity contribution in [3.63, 3.8) is 0 Å². The molecule has 0 unspecified atom stereocenters. The van der Waals surface area contributed by atoms with Crippen molar-refractivity contribution in [1.29, 1.82) is 0 Å². The van der Waals surface area contributed by atoms with E-state index in [2.05, 4.69) is 5.32 Å². The molecule has 1 N–H and O–H groups in total. The van der Waals surface area contributed by atoms with Gasteiger partial charge in [0, 0.05) is 3.57 Å². The molecule has 0 radical (unpaired) electrons. The molecule has 0 saturated heterocycles. The zero-order chi connectivity index (χ0) is 17.7. The molecule has 0 spiro atoms. The van der Waals surface area contributed by atoms with Crippen LogP contribution in [0.15, 0.2) is 48.5 Å². The molecule has 4 nitrogen and oxygen atoms in total. The Hall–Kier alpha value is -2.10. The van der Waals surface area contributed by atoms with E-state index in [0.717, 1.165) is 15.7 Å². The van der Waals surface area contributed by atoms with Gasteiger partial charge in [0.2, 0.25) is 0 Å². The summed E-state index contributed by atoms with van der Waals surface area (Å²) in [5, 5.41) is 2.55. The second kappa shape index (κ2) is 7.65. The topological polar surface area (TPSA) is 55.4 Å². The number of rotatable bonds is 4. The summed E-state index contributed by atoms with van der Waals surface area (Å²) in [5.41, 5.74) is -0.676. The maximum Gasteiger partial charge on any atom is 0.416 e. The van der Waals surface area contributed by atoms with Gasteiger partial charge >= 0.3 is 12.1 Å². The molecule has 8 heteroatoms. The summed E-state index contributed by atoms with van der Waals surface area (Å²) >= 11 is 2.03. The number of hydrogen-bond donors (Lipinski definition) is 1. The summed E-state index contributed by atoms with van der Waals surface area (Å²) in [4.78, 5) is 23.5. The standard InChI is InChI=1S/C16H11F3INO3/c17-16(18,19)11-5-3-4-10(8-11)15(23)24-9-14(22)21-13-7-2-1-6-12(13)20/h1-8H,9H2,(H,21,22). The fourth-order valence-electron chi connectivity index (χ4n) is 1.79. The highest BCUT2D eigenvalue weighted by molar-refractivity contribution is 14.1. The van der Waals surface area contributed by atoms with Crippen LogP contribution in [0.3, 0.4) is 0 Å². The van der Waals surface area contributed by atoms with E-state index in [-0.39, 0.29) is 5.56 Å². The molecule has 2 rings (SSSR count). The minimum absolute atomic E-state index is 0.271. The van der Waals surface area contributed by atoms with Crippen LogP contribution >= 0.6 is 22.6 Å². The molecule has 126 valence electrons. The number of nitrogens with one attached hydrogen (secondary N) is 1. The van der Waals surface area contributed by atoms with Gasteiger partial charge in [-0.2, -0.15) is 13.2 Å². The average molecular weight is 449 g/mol. The molecule has 0 aliphatic rings. The largest absolute Gasteiger partial charge is 0.452 e. The first kappa shape index (κ1) is 18.2. The second-order valence-corrected chi connectivity index (χ2v) is 5.84. The lowest BCUT2D eigenvalue weighted by Gasteiger charge is -2.10. The Morgan fingerprint density at radius 1 is 1.08 bits per heavy atom. The number of esters is 1. The van der Waals surface area contributed by atoms with Crippen LogP contribution in [0.25, 0.3) is 0 Å². The molecule has 0 aromatic heterocycles. The third-order valence-corrected chi connectivity index (χ3v) is 3.85. The van der Waals surface area contributed by atoms with E-state index in [1.165, 1.54) is 6.07 Å². The number of carbonyl (C=O) groups excluding carboxylic acids is 2. The molecule has 0 heterocycles. The molecule has 24 heavy (non-hydrogen) atoms. The van der Waals surface area contributed by atoms with Gasteiger partial charge in [0.1, 0.15) is 0 Å². The van der Waals surface area contributed by atoms with Gasteiger partial charge in [-0.1, -0.05) is 18.2 Å². The van der Waals surface area contributed by atoms with E-state index in [4.69, 9.17) is 4.74 Å². The van der Waals surface area contributed by atoms with Crippen molar-refractivity contribution in [3.8, 4) is 0 Å². The summed E-state index contributed by atoms with van der Waals surface area (Å²) < 4.78 is 43.4. The molecule has 1 amide bonds. The zero-order valence-electron chi connectivity index (χ0n) is 12.1. The summed E-state index contributed by atoms with van der Waals surface area (Å²) in [7, 11) is 0. The fraction of sp³-hybridized carbons (Fsp3) is 0.125. The number of amides is 1. The van der Waals surface area contributed by atoms with Crippen molar-refractivity contribution in [1.82, 2.24) is 0 Å². The van der Waals surface area contributed by atoms with Crippen molar-refractivity contribution in [2.24, 2.45) is 0 Å². The molecule has 0 bridgehead atoms. The van der Waals surface area contributed by atoms with Gasteiger partial charge in [0.25, 0.3) is 5.91 Å². The number of anilines is 1. The number of carbonyl (C=O) groups is 2. The number of benzene rings is 2. The third-order valence-electron chi connectivity index (χ3n) is 2.91. The Bertz CT molecular complexity index is 762. The van der Waals surface area contributed by atoms with Crippen LogP contribution in [0.1, 0.15) is 15.9 Å². The highest BCUT2D eigenvalue weighted by atomic mass is 127. The molecular weight excluding hydrogens is 438 g/mol. The molecule has 0 aliphatic carbocycles. The van der Waals surface area contributed by atoms with Crippen LogP contribution in [0, 0.1) is 3.57 Å². The van der Waals surface area contributed by atoms with E-state index in [1.54, 1.807) is 24.3 Å². The number of halogens is 4. The maximum absolute atomic E-state index is 12.6. The van der Waals surface area contributed by atoms with Crippen molar-refractivity contribution in [3.05, 3.63) is 63.2 Å². The van der Waals surface area contributed by atoms with E-state index in [9.17, 15) is 22.8 Å². The number of alkyl halides is 3. The van der Waals surface area contributed by atoms with Crippen LogP contribution < -0.4 is 5.32 Å². The van der Waals surface area contributed by atoms with Crippen molar-refractivity contribution in [2.45, 2.75) is 6.18 Å². The maximum atomic E-state index is 12.6. The van der Waals surface area contributed by atoms with Crippen LogP contribution in [-0.4, -0.2) is 18.5 Å². The average Bonchev–Trinajstić information content (AvgIpc) is 2.54. The predicted octanol–water partition coefficient (Wildman–Crippen LogP) is 4.11. The lowest BCUT2D eigenvalue weighted by molar-refractivity contribution is -0.137. The van der Waals surface area contributed by atoms with Gasteiger partial charge in [0.15, 0.2) is 6.61 Å². The lowest BCUT2D eigenvalue weighted by Crippen LogP contribution is -2.21. The molecule has 0 atom stereocenters. The number of para-hydroxylation sites is 1. The summed E-state index contributed by atoms with van der Waals surface area (Å²) in [5.74, 6) is -1.58. The molecule has 2 aromatic rings. The Morgan fingerprint density at radius 3 is 2.46 bits per heavy atom. The molecule has 0 aliphatic heterocycles. The first-order valence-electron chi connectivity index (χ1n) is 6.66. The highest BCUT2D eigenvalue weighted by Crippen LogP contribution is 2.29. The van der Waals surface area contributed by atoms with Crippen LogP contribution in [0.2, 0.25) is 0 Å². The Balaban J connectivity index is 1.96. The lowest BCUT2D eigenvalue weighted by atomic mass is 10.1. The van der Waals surface area contributed by atoms with Gasteiger partial charge in [0.05, 0.1) is 16.8 Å². The Morgan fingerprint density at radius 2 is 1.79 bits per heavy atom. The fourth-order valence-corrected chi connectivity index (χ4v) is 2.31. The normalized spacial score (nSPS) is 11.0. The van der Waals surface area contributed by atoms with Crippen molar-refractivity contribution >= 4 is 40.2 Å². The van der Waals surface area contributed by atoms with Crippen LogP contribution in [-0.2, 0) is 15.7 Å². The summed E-state index contributed by atoms with van der Waals surface area (Å²) in [6, 6.07) is 10.8. The van der Waals surface area contributed by atoms with Crippen LogP contribution in [0.4, 0.5) is 18.9 Å². The number of ether oxygens (including phenoxy) is 1. The van der Waals surface area contributed by atoms with E-state index in [1.807, 2.05) is 22.6 Å². The number of hydrogen-bond acceptors (Lipinski definition) is 3. The second-order valence-electron chi connectivity index (χ2n) is 4.68. The molecule has 0 saturated carbocycles. The molecule has 0 fully saturated rings. The van der Waals surface area contributed by atoms with Gasteiger partial charge in [-0.15, -0.1) is 0 Å². The van der Waals surface area contributed by atoms with Crippen molar-refractivity contribution in [2.75, 3.05) is 11.9 Å². The van der Waals surface area contributed by atoms with E-state index >= 15 is 0 Å². The SMILES string of the molecule is O=C(COC(=O)c1cccc(C(F)(F)F)c1)Nc1ccccc1I. The minimum Gasteiger partial charge on any atom is -0.452 e. The third kappa shape index (κ3) is 4.95. The van der Waals surface area contributed by atoms with Gasteiger partial charge in [-0.25, -0.2) is 4.79 Å². The van der Waals surface area contributed by atoms with Gasteiger partial charge in [-0.05, 0) is 52.9 Å². The smallest absolute Gasteiger partial charge is 0.416 e.